The van der Waals surface area contributed by atoms with Crippen molar-refractivity contribution in [3.63, 3.8) is 0 Å². The maximum Gasteiger partial charge on any atom is 0.155 e. The monoisotopic (exact) mass is 286 g/mol. The summed E-state index contributed by atoms with van der Waals surface area (Å²) in [7, 11) is 0. The summed E-state index contributed by atoms with van der Waals surface area (Å²) in [5.74, 6) is 4.20. The molecule has 0 aromatic carbocycles. The summed E-state index contributed by atoms with van der Waals surface area (Å²) >= 11 is 0. The Kier molecular flexibility index (Phi) is 2.96. The van der Waals surface area contributed by atoms with E-state index in [1.807, 2.05) is 6.08 Å². The zero-order valence-electron chi connectivity index (χ0n) is 13.2. The number of ketones is 2. The van der Waals surface area contributed by atoms with Gasteiger partial charge < -0.3 is 0 Å². The molecule has 0 N–H and O–H groups in total. The molecular formula is C19H26O2. The van der Waals surface area contributed by atoms with Crippen molar-refractivity contribution in [1.29, 1.82) is 0 Å². The SMILES string of the molecule is C[C@@H]1CC2=CC(=O)CC[C@@H]2[C@H]2CC[C@]3(C)C(=O)CC[C@H]3[C@@H]21. The van der Waals surface area contributed by atoms with Crippen LogP contribution in [0, 0.1) is 35.0 Å². The van der Waals surface area contributed by atoms with E-state index in [1.54, 1.807) is 0 Å². The van der Waals surface area contributed by atoms with Gasteiger partial charge in [0.15, 0.2) is 5.78 Å². The van der Waals surface area contributed by atoms with Gasteiger partial charge in [-0.25, -0.2) is 0 Å². The smallest absolute Gasteiger partial charge is 0.155 e. The zero-order chi connectivity index (χ0) is 14.8. The first-order chi connectivity index (χ1) is 10.0. The highest BCUT2D eigenvalue weighted by molar-refractivity contribution is 5.91. The van der Waals surface area contributed by atoms with E-state index < -0.39 is 0 Å². The second-order valence-corrected chi connectivity index (χ2v) is 8.28. The molecule has 3 saturated carbocycles. The molecule has 6 atom stereocenters. The van der Waals surface area contributed by atoms with E-state index in [4.69, 9.17) is 0 Å². The number of hydrogen-bond donors (Lipinski definition) is 0. The van der Waals surface area contributed by atoms with Crippen molar-refractivity contribution in [3.8, 4) is 0 Å². The summed E-state index contributed by atoms with van der Waals surface area (Å²) in [6, 6.07) is 0. The van der Waals surface area contributed by atoms with Crippen LogP contribution in [0.4, 0.5) is 0 Å². The quantitative estimate of drug-likeness (QED) is 0.676. The topological polar surface area (TPSA) is 34.1 Å². The van der Waals surface area contributed by atoms with Crippen LogP contribution in [0.1, 0.15) is 58.8 Å². The van der Waals surface area contributed by atoms with Crippen LogP contribution in [0.5, 0.6) is 0 Å². The predicted molar refractivity (Wildman–Crippen MR) is 81.6 cm³/mol. The van der Waals surface area contributed by atoms with Crippen LogP contribution >= 0.6 is 0 Å². The Labute approximate surface area is 127 Å². The number of allylic oxidation sites excluding steroid dienone is 1. The average molecular weight is 286 g/mol. The van der Waals surface area contributed by atoms with Crippen molar-refractivity contribution in [3.05, 3.63) is 11.6 Å². The van der Waals surface area contributed by atoms with Crippen molar-refractivity contribution in [2.24, 2.45) is 35.0 Å². The van der Waals surface area contributed by atoms with E-state index in [0.29, 0.717) is 35.2 Å². The van der Waals surface area contributed by atoms with Gasteiger partial charge in [-0.15, -0.1) is 0 Å². The Morgan fingerprint density at radius 3 is 2.76 bits per heavy atom. The van der Waals surface area contributed by atoms with Gasteiger partial charge in [-0.2, -0.15) is 0 Å². The molecule has 0 aromatic rings. The molecule has 114 valence electrons. The van der Waals surface area contributed by atoms with Crippen LogP contribution in [0.15, 0.2) is 11.6 Å². The predicted octanol–water partition coefficient (Wildman–Crippen LogP) is 3.94. The molecule has 0 aliphatic heterocycles. The minimum absolute atomic E-state index is 0.0267. The van der Waals surface area contributed by atoms with Crippen LogP contribution in [-0.4, -0.2) is 11.6 Å². The van der Waals surface area contributed by atoms with Gasteiger partial charge in [-0.3, -0.25) is 9.59 Å². The molecule has 0 spiro atoms. The zero-order valence-corrected chi connectivity index (χ0v) is 13.2. The molecule has 0 radical (unpaired) electrons. The lowest BCUT2D eigenvalue weighted by Crippen LogP contribution is -2.49. The Hall–Kier alpha value is -0.920. The molecule has 3 fully saturated rings. The van der Waals surface area contributed by atoms with Crippen LogP contribution in [0.2, 0.25) is 0 Å². The normalized spacial score (nSPS) is 49.2. The van der Waals surface area contributed by atoms with Crippen molar-refractivity contribution in [1.82, 2.24) is 0 Å². The largest absolute Gasteiger partial charge is 0.299 e. The van der Waals surface area contributed by atoms with Gasteiger partial charge in [0.1, 0.15) is 5.78 Å². The van der Waals surface area contributed by atoms with E-state index in [9.17, 15) is 9.59 Å². The number of carbonyl (C=O) groups excluding carboxylic acids is 2. The lowest BCUT2D eigenvalue weighted by molar-refractivity contribution is -0.132. The van der Waals surface area contributed by atoms with Crippen molar-refractivity contribution in [2.45, 2.75) is 58.8 Å². The van der Waals surface area contributed by atoms with E-state index in [0.717, 1.165) is 44.4 Å². The number of rotatable bonds is 0. The second-order valence-electron chi connectivity index (χ2n) is 8.28. The molecule has 0 aromatic heterocycles. The maximum atomic E-state index is 12.4. The third-order valence-corrected chi connectivity index (χ3v) is 7.35. The van der Waals surface area contributed by atoms with Gasteiger partial charge in [0.25, 0.3) is 0 Å². The Bertz CT molecular complexity index is 532. The number of fused-ring (bicyclic) bond motifs is 5. The van der Waals surface area contributed by atoms with Gasteiger partial charge in [0, 0.05) is 18.3 Å². The fourth-order valence-electron chi connectivity index (χ4n) is 6.36. The highest BCUT2D eigenvalue weighted by Gasteiger charge is 2.57. The molecule has 0 saturated heterocycles. The summed E-state index contributed by atoms with van der Waals surface area (Å²) < 4.78 is 0. The van der Waals surface area contributed by atoms with Gasteiger partial charge in [-0.05, 0) is 67.8 Å². The minimum atomic E-state index is -0.0267. The average Bonchev–Trinajstić information content (AvgIpc) is 2.74. The van der Waals surface area contributed by atoms with Crippen molar-refractivity contribution >= 4 is 11.6 Å². The van der Waals surface area contributed by atoms with Crippen molar-refractivity contribution < 1.29 is 9.59 Å². The van der Waals surface area contributed by atoms with Crippen LogP contribution in [-0.2, 0) is 9.59 Å². The van der Waals surface area contributed by atoms with Crippen molar-refractivity contribution in [2.75, 3.05) is 0 Å². The Morgan fingerprint density at radius 2 is 1.95 bits per heavy atom. The Morgan fingerprint density at radius 1 is 1.14 bits per heavy atom. The fraction of sp³-hybridized carbons (Fsp3) is 0.789. The molecule has 2 heteroatoms. The number of hydrogen-bond acceptors (Lipinski definition) is 2. The van der Waals surface area contributed by atoms with E-state index in [-0.39, 0.29) is 5.41 Å². The van der Waals surface area contributed by atoms with E-state index in [2.05, 4.69) is 13.8 Å². The van der Waals surface area contributed by atoms with Gasteiger partial charge in [-0.1, -0.05) is 19.4 Å². The Balaban J connectivity index is 1.70. The highest BCUT2D eigenvalue weighted by Crippen LogP contribution is 2.61. The molecule has 0 bridgehead atoms. The molecule has 4 aliphatic rings. The summed E-state index contributed by atoms with van der Waals surface area (Å²) in [5.41, 5.74) is 1.41. The molecule has 0 heterocycles. The van der Waals surface area contributed by atoms with Crippen LogP contribution in [0.25, 0.3) is 0 Å². The molecule has 4 aliphatic carbocycles. The first-order valence-corrected chi connectivity index (χ1v) is 8.77. The highest BCUT2D eigenvalue weighted by atomic mass is 16.1. The van der Waals surface area contributed by atoms with E-state index >= 15 is 0 Å². The molecular weight excluding hydrogens is 260 g/mol. The number of Topliss-reactive ketones (excluding diaryl/α,β-unsaturated/α-hetero) is 1. The first kappa shape index (κ1) is 13.7. The molecule has 2 nitrogen and oxygen atoms in total. The molecule has 0 unspecified atom stereocenters. The second kappa shape index (κ2) is 4.54. The molecule has 4 rings (SSSR count). The summed E-state index contributed by atoms with van der Waals surface area (Å²) in [6.07, 6.45) is 9.08. The lowest BCUT2D eigenvalue weighted by atomic mass is 9.50. The van der Waals surface area contributed by atoms with Crippen LogP contribution < -0.4 is 0 Å². The summed E-state index contributed by atoms with van der Waals surface area (Å²) in [4.78, 5) is 24.1. The lowest BCUT2D eigenvalue weighted by Gasteiger charge is -2.54. The van der Waals surface area contributed by atoms with Gasteiger partial charge in [0.2, 0.25) is 0 Å². The number of carbonyl (C=O) groups is 2. The summed E-state index contributed by atoms with van der Waals surface area (Å²) in [5, 5.41) is 0. The van der Waals surface area contributed by atoms with Gasteiger partial charge >= 0.3 is 0 Å². The molecule has 21 heavy (non-hydrogen) atoms. The third-order valence-electron chi connectivity index (χ3n) is 7.35. The standard InChI is InChI=1S/C19H26O2/c1-11-9-12-10-13(20)3-4-14(12)15-7-8-19(2)16(18(11)15)5-6-17(19)21/h10-11,14-16,18H,3-9H2,1-2H3/t11-,14+,15-,16+,18-,19+/m1/s1. The minimum Gasteiger partial charge on any atom is -0.299 e. The third kappa shape index (κ3) is 1.83. The maximum absolute atomic E-state index is 12.4. The fourth-order valence-corrected chi connectivity index (χ4v) is 6.36. The van der Waals surface area contributed by atoms with Gasteiger partial charge in [0.05, 0.1) is 0 Å². The van der Waals surface area contributed by atoms with Crippen LogP contribution in [0.3, 0.4) is 0 Å². The van der Waals surface area contributed by atoms with E-state index in [1.165, 1.54) is 12.0 Å². The first-order valence-electron chi connectivity index (χ1n) is 8.77. The molecule has 0 amide bonds. The summed E-state index contributed by atoms with van der Waals surface area (Å²) in [6.45, 7) is 4.61.